The van der Waals surface area contributed by atoms with Crippen LogP contribution in [0.5, 0.6) is 0 Å². The fourth-order valence-electron chi connectivity index (χ4n) is 1.37. The molecule has 0 saturated carbocycles. The van der Waals surface area contributed by atoms with Gasteiger partial charge in [-0.1, -0.05) is 6.07 Å². The minimum atomic E-state index is -1.20. The molecule has 0 radical (unpaired) electrons. The Morgan fingerprint density at radius 2 is 2.00 bits per heavy atom. The van der Waals surface area contributed by atoms with Crippen LogP contribution in [0.25, 0.3) is 5.52 Å². The molecule has 1 N–H and O–H groups in total. The van der Waals surface area contributed by atoms with Gasteiger partial charge in [0, 0.05) is 18.5 Å². The third-order valence-corrected chi connectivity index (χ3v) is 1.99. The first-order chi connectivity index (χ1) is 6.70. The van der Waals surface area contributed by atoms with Crippen molar-refractivity contribution < 1.29 is 9.90 Å². The minimum Gasteiger partial charge on any atom is -0.477 e. The highest BCUT2D eigenvalue weighted by Crippen LogP contribution is 2.05. The van der Waals surface area contributed by atoms with Gasteiger partial charge in [-0.2, -0.15) is 0 Å². The number of carboxylic acid groups (broad SMARTS) is 1. The summed E-state index contributed by atoms with van der Waals surface area (Å²) in [5.41, 5.74) is -0.246. The molecule has 0 spiro atoms. The van der Waals surface area contributed by atoms with E-state index < -0.39 is 11.4 Å². The molecule has 0 aliphatic carbocycles. The van der Waals surface area contributed by atoms with Crippen LogP contribution in [-0.2, 0) is 0 Å². The van der Waals surface area contributed by atoms with Crippen molar-refractivity contribution >= 4 is 11.5 Å². The number of hydrogen-bond acceptors (Lipinski definition) is 2. The van der Waals surface area contributed by atoms with Gasteiger partial charge in [0.05, 0.1) is 5.52 Å². The summed E-state index contributed by atoms with van der Waals surface area (Å²) in [6, 6.07) is 6.31. The zero-order valence-electron chi connectivity index (χ0n) is 7.18. The molecule has 0 aliphatic heterocycles. The van der Waals surface area contributed by atoms with Gasteiger partial charge in [-0.05, 0) is 12.1 Å². The van der Waals surface area contributed by atoms with Crippen molar-refractivity contribution in [3.8, 4) is 0 Å². The SMILES string of the molecule is O=C(O)c1c(=O)ccn2ccccc12. The van der Waals surface area contributed by atoms with Gasteiger partial charge < -0.3 is 9.51 Å². The molecule has 0 atom stereocenters. The van der Waals surface area contributed by atoms with E-state index in [4.69, 9.17) is 5.11 Å². The van der Waals surface area contributed by atoms with Crippen molar-refractivity contribution in [3.05, 3.63) is 52.4 Å². The molecule has 0 bridgehead atoms. The van der Waals surface area contributed by atoms with E-state index in [9.17, 15) is 9.59 Å². The highest BCUT2D eigenvalue weighted by atomic mass is 16.4. The number of pyridine rings is 2. The average Bonchev–Trinajstić information content (AvgIpc) is 2.17. The fraction of sp³-hybridized carbons (Fsp3) is 0. The predicted molar refractivity (Wildman–Crippen MR) is 50.6 cm³/mol. The van der Waals surface area contributed by atoms with Gasteiger partial charge in [0.2, 0.25) is 0 Å². The average molecular weight is 189 g/mol. The van der Waals surface area contributed by atoms with Gasteiger partial charge in [0.15, 0.2) is 5.43 Å². The summed E-state index contributed by atoms with van der Waals surface area (Å²) in [5, 5.41) is 8.85. The van der Waals surface area contributed by atoms with Crippen LogP contribution in [0.3, 0.4) is 0 Å². The molecular formula is C10H7NO3. The van der Waals surface area contributed by atoms with E-state index in [1.54, 1.807) is 35.0 Å². The van der Waals surface area contributed by atoms with Crippen LogP contribution in [-0.4, -0.2) is 15.5 Å². The summed E-state index contributed by atoms with van der Waals surface area (Å²) in [6.07, 6.45) is 3.24. The molecule has 2 heterocycles. The largest absolute Gasteiger partial charge is 0.477 e. The summed E-state index contributed by atoms with van der Waals surface area (Å²) in [7, 11) is 0. The van der Waals surface area contributed by atoms with E-state index in [0.29, 0.717) is 5.52 Å². The van der Waals surface area contributed by atoms with Gasteiger partial charge in [-0.15, -0.1) is 0 Å². The van der Waals surface area contributed by atoms with Crippen LogP contribution >= 0.6 is 0 Å². The van der Waals surface area contributed by atoms with Gasteiger partial charge in [0.25, 0.3) is 0 Å². The molecule has 0 aliphatic rings. The lowest BCUT2D eigenvalue weighted by atomic mass is 10.2. The van der Waals surface area contributed by atoms with Gasteiger partial charge in [-0.25, -0.2) is 4.79 Å². The number of carboxylic acids is 1. The maximum atomic E-state index is 11.3. The molecule has 2 aromatic rings. The molecule has 2 aromatic heterocycles. The van der Waals surface area contributed by atoms with Gasteiger partial charge in [-0.3, -0.25) is 4.79 Å². The van der Waals surface area contributed by atoms with Crippen molar-refractivity contribution in [2.75, 3.05) is 0 Å². The molecule has 14 heavy (non-hydrogen) atoms. The molecule has 0 fully saturated rings. The molecule has 70 valence electrons. The number of aromatic nitrogens is 1. The first-order valence-electron chi connectivity index (χ1n) is 4.03. The monoisotopic (exact) mass is 189 g/mol. The van der Waals surface area contributed by atoms with E-state index in [1.165, 1.54) is 6.07 Å². The predicted octanol–water partition coefficient (Wildman–Crippen LogP) is 0.998. The number of hydrogen-bond donors (Lipinski definition) is 1. The molecule has 0 unspecified atom stereocenters. The number of aromatic carboxylic acids is 1. The maximum absolute atomic E-state index is 11.3. The Hall–Kier alpha value is -2.10. The standard InChI is InChI=1S/C10H7NO3/c12-8-4-6-11-5-2-1-3-7(11)9(8)10(13)14/h1-6H,(H,13,14). The first kappa shape index (κ1) is 8.50. The minimum absolute atomic E-state index is 0.187. The maximum Gasteiger partial charge on any atom is 0.341 e. The van der Waals surface area contributed by atoms with Crippen LogP contribution in [0, 0.1) is 0 Å². The van der Waals surface area contributed by atoms with E-state index >= 15 is 0 Å². The summed E-state index contributed by atoms with van der Waals surface area (Å²) in [6.45, 7) is 0. The van der Waals surface area contributed by atoms with Crippen molar-refractivity contribution in [1.82, 2.24) is 4.40 Å². The number of carbonyl (C=O) groups is 1. The second-order valence-electron chi connectivity index (χ2n) is 2.85. The Morgan fingerprint density at radius 3 is 2.71 bits per heavy atom. The van der Waals surface area contributed by atoms with Crippen LogP contribution in [0.15, 0.2) is 41.5 Å². The van der Waals surface area contributed by atoms with E-state index in [1.807, 2.05) is 0 Å². The second-order valence-corrected chi connectivity index (χ2v) is 2.85. The summed E-state index contributed by atoms with van der Waals surface area (Å²) in [4.78, 5) is 22.1. The number of fused-ring (bicyclic) bond motifs is 1. The second kappa shape index (κ2) is 2.99. The highest BCUT2D eigenvalue weighted by molar-refractivity contribution is 5.95. The zero-order chi connectivity index (χ0) is 10.1. The number of nitrogens with zero attached hydrogens (tertiary/aromatic N) is 1. The van der Waals surface area contributed by atoms with E-state index in [0.717, 1.165) is 0 Å². The van der Waals surface area contributed by atoms with Crippen molar-refractivity contribution in [2.24, 2.45) is 0 Å². The van der Waals surface area contributed by atoms with E-state index in [-0.39, 0.29) is 5.56 Å². The molecule has 0 aromatic carbocycles. The molecule has 0 saturated heterocycles. The van der Waals surface area contributed by atoms with Crippen LogP contribution in [0.2, 0.25) is 0 Å². The summed E-state index contributed by atoms with van der Waals surface area (Å²) >= 11 is 0. The topological polar surface area (TPSA) is 58.8 Å². The normalized spacial score (nSPS) is 10.3. The van der Waals surface area contributed by atoms with Crippen molar-refractivity contribution in [1.29, 1.82) is 0 Å². The lowest BCUT2D eigenvalue weighted by molar-refractivity contribution is 0.0697. The quantitative estimate of drug-likeness (QED) is 0.727. The lowest BCUT2D eigenvalue weighted by Gasteiger charge is -2.02. The molecule has 0 amide bonds. The fourth-order valence-corrected chi connectivity index (χ4v) is 1.37. The van der Waals surface area contributed by atoms with Crippen molar-refractivity contribution in [2.45, 2.75) is 0 Å². The third kappa shape index (κ3) is 1.17. The van der Waals surface area contributed by atoms with Gasteiger partial charge >= 0.3 is 5.97 Å². The Balaban J connectivity index is 2.97. The van der Waals surface area contributed by atoms with E-state index in [2.05, 4.69) is 0 Å². The van der Waals surface area contributed by atoms with Crippen molar-refractivity contribution in [3.63, 3.8) is 0 Å². The smallest absolute Gasteiger partial charge is 0.341 e. The van der Waals surface area contributed by atoms with Crippen LogP contribution in [0.4, 0.5) is 0 Å². The summed E-state index contributed by atoms with van der Waals surface area (Å²) in [5.74, 6) is -1.20. The Kier molecular flexibility index (Phi) is 1.81. The Labute approximate surface area is 79.0 Å². The van der Waals surface area contributed by atoms with Crippen LogP contribution in [0.1, 0.15) is 10.4 Å². The Bertz CT molecular complexity index is 557. The Morgan fingerprint density at radius 1 is 1.21 bits per heavy atom. The summed E-state index contributed by atoms with van der Waals surface area (Å²) < 4.78 is 1.60. The number of rotatable bonds is 1. The molecule has 4 heteroatoms. The van der Waals surface area contributed by atoms with Crippen LogP contribution < -0.4 is 5.43 Å². The molecule has 4 nitrogen and oxygen atoms in total. The van der Waals surface area contributed by atoms with Gasteiger partial charge in [0.1, 0.15) is 5.56 Å². The first-order valence-corrected chi connectivity index (χ1v) is 4.03. The highest BCUT2D eigenvalue weighted by Gasteiger charge is 2.11. The third-order valence-electron chi connectivity index (χ3n) is 1.99. The molecular weight excluding hydrogens is 182 g/mol. The molecule has 2 rings (SSSR count). The lowest BCUT2D eigenvalue weighted by Crippen LogP contribution is -2.15. The zero-order valence-corrected chi connectivity index (χ0v) is 7.18.